The molecule has 1 aromatic heterocycles. The van der Waals surface area contributed by atoms with Crippen LogP contribution in [0.25, 0.3) is 11.3 Å². The second-order valence-corrected chi connectivity index (χ2v) is 8.60. The Bertz CT molecular complexity index is 1140. The van der Waals surface area contributed by atoms with Crippen molar-refractivity contribution < 1.29 is 19.4 Å². The lowest BCUT2D eigenvalue weighted by Gasteiger charge is -2.27. The number of ether oxygens (including phenoxy) is 2. The van der Waals surface area contributed by atoms with Crippen molar-refractivity contribution in [1.82, 2.24) is 15.1 Å². The maximum absolute atomic E-state index is 13.4. The van der Waals surface area contributed by atoms with E-state index in [0.717, 1.165) is 43.2 Å². The van der Waals surface area contributed by atoms with E-state index in [9.17, 15) is 9.90 Å². The van der Waals surface area contributed by atoms with Crippen LogP contribution >= 0.6 is 0 Å². The number of aromatic amines is 1. The number of para-hydroxylation sites is 1. The minimum absolute atomic E-state index is 0.0820. The molecule has 0 radical (unpaired) electrons. The molecule has 0 saturated carbocycles. The van der Waals surface area contributed by atoms with Gasteiger partial charge < -0.3 is 19.5 Å². The number of nitrogens with one attached hydrogen (secondary N) is 1. The Morgan fingerprint density at radius 3 is 2.59 bits per heavy atom. The van der Waals surface area contributed by atoms with E-state index in [1.54, 1.807) is 19.2 Å². The van der Waals surface area contributed by atoms with E-state index in [0.29, 0.717) is 41.6 Å². The molecule has 1 aliphatic heterocycles. The topological polar surface area (TPSA) is 87.7 Å². The van der Waals surface area contributed by atoms with Crippen molar-refractivity contribution >= 4 is 5.91 Å². The molecular weight excluding hydrogens is 430 g/mol. The van der Waals surface area contributed by atoms with Crippen LogP contribution in [0, 0.1) is 0 Å². The second-order valence-electron chi connectivity index (χ2n) is 8.60. The van der Waals surface area contributed by atoms with Gasteiger partial charge in [-0.05, 0) is 42.7 Å². The van der Waals surface area contributed by atoms with Crippen molar-refractivity contribution in [3.8, 4) is 28.5 Å². The largest absolute Gasteiger partial charge is 0.507 e. The van der Waals surface area contributed by atoms with Crippen molar-refractivity contribution in [3.63, 3.8) is 0 Å². The Balaban J connectivity index is 1.76. The van der Waals surface area contributed by atoms with Gasteiger partial charge >= 0.3 is 0 Å². The number of aromatic nitrogens is 2. The molecule has 2 heterocycles. The number of H-pyrrole nitrogens is 1. The molecule has 0 saturated heterocycles. The van der Waals surface area contributed by atoms with Gasteiger partial charge in [0.05, 0.1) is 19.8 Å². The van der Waals surface area contributed by atoms with Crippen LogP contribution in [0.3, 0.4) is 0 Å². The van der Waals surface area contributed by atoms with Crippen LogP contribution < -0.4 is 9.47 Å². The molecule has 0 bridgehead atoms. The summed E-state index contributed by atoms with van der Waals surface area (Å²) in [5.74, 6) is 1.38. The molecule has 1 aliphatic rings. The zero-order valence-electron chi connectivity index (χ0n) is 20.1. The van der Waals surface area contributed by atoms with Gasteiger partial charge in [0, 0.05) is 17.7 Å². The van der Waals surface area contributed by atoms with Crippen molar-refractivity contribution in [2.24, 2.45) is 0 Å². The van der Waals surface area contributed by atoms with Gasteiger partial charge in [-0.25, -0.2) is 0 Å². The highest BCUT2D eigenvalue weighted by molar-refractivity contribution is 6.00. The highest BCUT2D eigenvalue weighted by Gasteiger charge is 2.42. The van der Waals surface area contributed by atoms with Crippen molar-refractivity contribution in [3.05, 3.63) is 59.3 Å². The molecule has 1 amide bonds. The van der Waals surface area contributed by atoms with E-state index in [1.807, 2.05) is 35.2 Å². The third-order valence-electron chi connectivity index (χ3n) is 6.28. The quantitative estimate of drug-likeness (QED) is 0.356. The predicted octanol–water partition coefficient (Wildman–Crippen LogP) is 5.71. The minimum Gasteiger partial charge on any atom is -0.507 e. The summed E-state index contributed by atoms with van der Waals surface area (Å²) in [7, 11) is 1.63. The van der Waals surface area contributed by atoms with Gasteiger partial charge in [-0.3, -0.25) is 9.89 Å². The van der Waals surface area contributed by atoms with Gasteiger partial charge in [0.2, 0.25) is 0 Å². The second kappa shape index (κ2) is 10.6. The van der Waals surface area contributed by atoms with Crippen molar-refractivity contribution in [1.29, 1.82) is 0 Å². The number of aromatic hydroxyl groups is 1. The number of phenols is 1. The number of hydrogen-bond donors (Lipinski definition) is 2. The molecule has 4 rings (SSSR count). The van der Waals surface area contributed by atoms with E-state index >= 15 is 0 Å². The monoisotopic (exact) mass is 463 g/mol. The molecule has 2 N–H and O–H groups in total. The number of amides is 1. The molecule has 3 aromatic rings. The lowest BCUT2D eigenvalue weighted by molar-refractivity contribution is 0.0741. The maximum atomic E-state index is 13.4. The van der Waals surface area contributed by atoms with E-state index in [1.165, 1.54) is 0 Å². The summed E-state index contributed by atoms with van der Waals surface area (Å²) in [5.41, 5.74) is 3.35. The van der Waals surface area contributed by atoms with Crippen molar-refractivity contribution in [2.45, 2.75) is 52.0 Å². The fourth-order valence-corrected chi connectivity index (χ4v) is 4.49. The number of carbonyl (C=O) groups is 1. The summed E-state index contributed by atoms with van der Waals surface area (Å²) in [6.07, 6.45) is 5.11. The number of fused-ring (bicyclic) bond motifs is 1. The molecule has 34 heavy (non-hydrogen) atoms. The van der Waals surface area contributed by atoms with Gasteiger partial charge in [0.1, 0.15) is 17.1 Å². The van der Waals surface area contributed by atoms with Crippen LogP contribution in [0.4, 0.5) is 0 Å². The van der Waals surface area contributed by atoms with Gasteiger partial charge in [0.15, 0.2) is 11.5 Å². The Hall–Kier alpha value is -3.48. The number of rotatable bonds is 11. The summed E-state index contributed by atoms with van der Waals surface area (Å²) >= 11 is 0. The predicted molar refractivity (Wildman–Crippen MR) is 131 cm³/mol. The van der Waals surface area contributed by atoms with Gasteiger partial charge in [-0.2, -0.15) is 5.10 Å². The SMILES string of the molecule is CCCCCOc1ccc([C@@H]2c3c(-c4ccccc4O)n[nH]c3C(=O)N2CCCC)cc1OC. The van der Waals surface area contributed by atoms with E-state index in [4.69, 9.17) is 9.47 Å². The number of unbranched alkanes of at least 4 members (excludes halogenated alkanes) is 3. The van der Waals surface area contributed by atoms with Gasteiger partial charge in [-0.15, -0.1) is 0 Å². The smallest absolute Gasteiger partial charge is 0.273 e. The number of phenolic OH excluding ortho intramolecular Hbond substituents is 1. The lowest BCUT2D eigenvalue weighted by Crippen LogP contribution is -2.30. The molecule has 180 valence electrons. The third kappa shape index (κ3) is 4.47. The van der Waals surface area contributed by atoms with Crippen LogP contribution in [-0.4, -0.2) is 46.4 Å². The first-order valence-corrected chi connectivity index (χ1v) is 12.1. The summed E-state index contributed by atoms with van der Waals surface area (Å²) in [4.78, 5) is 15.3. The molecule has 2 aromatic carbocycles. The fraction of sp³-hybridized carbons (Fsp3) is 0.407. The van der Waals surface area contributed by atoms with Gasteiger partial charge in [0.25, 0.3) is 5.91 Å². The normalized spacial score (nSPS) is 15.0. The van der Waals surface area contributed by atoms with E-state index < -0.39 is 0 Å². The highest BCUT2D eigenvalue weighted by Crippen LogP contribution is 2.45. The zero-order valence-corrected chi connectivity index (χ0v) is 20.1. The summed E-state index contributed by atoms with van der Waals surface area (Å²) in [6, 6.07) is 12.6. The van der Waals surface area contributed by atoms with Gasteiger partial charge in [-0.1, -0.05) is 51.3 Å². The average molecular weight is 464 g/mol. The first-order chi connectivity index (χ1) is 16.6. The molecule has 1 atom stereocenters. The Kier molecular flexibility index (Phi) is 7.40. The number of nitrogens with zero attached hydrogens (tertiary/aromatic N) is 2. The highest BCUT2D eigenvalue weighted by atomic mass is 16.5. The molecule has 0 spiro atoms. The van der Waals surface area contributed by atoms with Crippen LogP contribution in [0.1, 0.15) is 73.6 Å². The zero-order chi connectivity index (χ0) is 24.1. The van der Waals surface area contributed by atoms with E-state index in [-0.39, 0.29) is 17.7 Å². The summed E-state index contributed by atoms with van der Waals surface area (Å²) in [5, 5.41) is 17.9. The maximum Gasteiger partial charge on any atom is 0.273 e. The van der Waals surface area contributed by atoms with E-state index in [2.05, 4.69) is 24.0 Å². The molecule has 7 nitrogen and oxygen atoms in total. The van der Waals surface area contributed by atoms with Crippen LogP contribution in [0.5, 0.6) is 17.2 Å². The standard InChI is InChI=1S/C27H33N3O4/c1-4-6-10-16-34-21-14-13-18(17-22(21)33-3)26-23-24(19-11-8-9-12-20(19)31)28-29-25(23)27(32)30(26)15-7-5-2/h8-9,11-14,17,26,31H,4-7,10,15-16H2,1-3H3,(H,28,29)/t26-/m1/s1. The summed E-state index contributed by atoms with van der Waals surface area (Å²) < 4.78 is 11.6. The lowest BCUT2D eigenvalue weighted by atomic mass is 9.95. The molecular formula is C27H33N3O4. The Morgan fingerprint density at radius 1 is 1.06 bits per heavy atom. The molecule has 0 aliphatic carbocycles. The summed E-state index contributed by atoms with van der Waals surface area (Å²) in [6.45, 7) is 5.53. The molecule has 0 fully saturated rings. The number of carbonyl (C=O) groups excluding carboxylic acids is 1. The Morgan fingerprint density at radius 2 is 1.85 bits per heavy atom. The first kappa shape index (κ1) is 23.7. The fourth-order valence-electron chi connectivity index (χ4n) is 4.49. The third-order valence-corrected chi connectivity index (χ3v) is 6.28. The number of benzene rings is 2. The van der Waals surface area contributed by atoms with Crippen LogP contribution in [0.15, 0.2) is 42.5 Å². The minimum atomic E-state index is -0.342. The number of methoxy groups -OCH3 is 1. The molecule has 0 unspecified atom stereocenters. The Labute approximate surface area is 200 Å². The number of hydrogen-bond acceptors (Lipinski definition) is 5. The van der Waals surface area contributed by atoms with Crippen LogP contribution in [-0.2, 0) is 0 Å². The van der Waals surface area contributed by atoms with Crippen molar-refractivity contribution in [2.75, 3.05) is 20.3 Å². The average Bonchev–Trinajstić information content (AvgIpc) is 3.39. The first-order valence-electron chi connectivity index (χ1n) is 12.1. The molecule has 7 heteroatoms. The van der Waals surface area contributed by atoms with Crippen LogP contribution in [0.2, 0.25) is 0 Å².